The zero-order valence-corrected chi connectivity index (χ0v) is 15.2. The van der Waals surface area contributed by atoms with Crippen LogP contribution in [0.4, 0.5) is 10.2 Å². The second-order valence-electron chi connectivity index (χ2n) is 6.51. The maximum absolute atomic E-state index is 13.0. The van der Waals surface area contributed by atoms with Crippen molar-refractivity contribution in [2.45, 2.75) is 13.5 Å². The van der Waals surface area contributed by atoms with Gasteiger partial charge in [0.15, 0.2) is 5.82 Å². The number of rotatable bonds is 5. The monoisotopic (exact) mass is 375 g/mol. The number of anilines is 1. The predicted octanol–water partition coefficient (Wildman–Crippen LogP) is 4.02. The fourth-order valence-electron chi connectivity index (χ4n) is 2.79. The van der Waals surface area contributed by atoms with Crippen LogP contribution < -0.4 is 5.32 Å². The van der Waals surface area contributed by atoms with E-state index in [-0.39, 0.29) is 11.7 Å². The molecule has 0 aliphatic rings. The van der Waals surface area contributed by atoms with Crippen molar-refractivity contribution in [3.05, 3.63) is 89.5 Å². The molecule has 2 aromatic carbocycles. The molecule has 2 aromatic heterocycles. The van der Waals surface area contributed by atoms with Crippen LogP contribution in [0.1, 0.15) is 21.6 Å². The zero-order valence-electron chi connectivity index (χ0n) is 15.2. The average molecular weight is 375 g/mol. The van der Waals surface area contributed by atoms with Crippen LogP contribution in [0.15, 0.2) is 66.9 Å². The summed E-state index contributed by atoms with van der Waals surface area (Å²) in [6, 6.07) is 17.5. The molecule has 0 bridgehead atoms. The Balaban J connectivity index is 1.42. The lowest BCUT2D eigenvalue weighted by atomic mass is 10.1. The molecular weight excluding hydrogens is 357 g/mol. The highest BCUT2D eigenvalue weighted by atomic mass is 19.1. The molecule has 1 amide bonds. The SMILES string of the molecule is Cc1ccc(Cn2ccc(NC(=O)c3cc(-c4ccc(F)cc4)n[nH]3)n2)cc1. The molecule has 0 saturated carbocycles. The topological polar surface area (TPSA) is 75.6 Å². The van der Waals surface area contributed by atoms with Crippen molar-refractivity contribution >= 4 is 11.7 Å². The van der Waals surface area contributed by atoms with E-state index >= 15 is 0 Å². The van der Waals surface area contributed by atoms with Gasteiger partial charge in [-0.25, -0.2) is 4.39 Å². The number of carbonyl (C=O) groups is 1. The summed E-state index contributed by atoms with van der Waals surface area (Å²) in [5, 5.41) is 13.9. The molecule has 0 atom stereocenters. The summed E-state index contributed by atoms with van der Waals surface area (Å²) < 4.78 is 14.8. The van der Waals surface area contributed by atoms with Crippen molar-refractivity contribution in [1.82, 2.24) is 20.0 Å². The summed E-state index contributed by atoms with van der Waals surface area (Å²) in [5.74, 6) is -0.213. The molecule has 0 radical (unpaired) electrons. The number of aryl methyl sites for hydroxylation is 1. The first-order valence-corrected chi connectivity index (χ1v) is 8.78. The number of amides is 1. The molecule has 4 rings (SSSR count). The first kappa shape index (κ1) is 17.7. The van der Waals surface area contributed by atoms with Gasteiger partial charge in [-0.05, 0) is 42.8 Å². The van der Waals surface area contributed by atoms with Gasteiger partial charge in [-0.2, -0.15) is 10.2 Å². The number of benzene rings is 2. The van der Waals surface area contributed by atoms with E-state index in [4.69, 9.17) is 0 Å². The number of H-pyrrole nitrogens is 1. The molecule has 0 fully saturated rings. The molecule has 6 nitrogen and oxygen atoms in total. The first-order valence-electron chi connectivity index (χ1n) is 8.78. The molecule has 7 heteroatoms. The molecule has 0 saturated heterocycles. The Kier molecular flexibility index (Phi) is 4.72. The summed E-state index contributed by atoms with van der Waals surface area (Å²) in [6.07, 6.45) is 1.81. The molecule has 0 aliphatic heterocycles. The van der Waals surface area contributed by atoms with Gasteiger partial charge in [0.1, 0.15) is 11.5 Å². The maximum atomic E-state index is 13.0. The van der Waals surface area contributed by atoms with E-state index < -0.39 is 0 Å². The number of nitrogens with zero attached hydrogens (tertiary/aromatic N) is 3. The molecule has 28 heavy (non-hydrogen) atoms. The fourth-order valence-corrected chi connectivity index (χ4v) is 2.79. The van der Waals surface area contributed by atoms with Crippen LogP contribution in [-0.4, -0.2) is 25.9 Å². The third-order valence-corrected chi connectivity index (χ3v) is 4.31. The van der Waals surface area contributed by atoms with Crippen LogP contribution in [0.25, 0.3) is 11.3 Å². The number of halogens is 1. The van der Waals surface area contributed by atoms with Crippen molar-refractivity contribution < 1.29 is 9.18 Å². The van der Waals surface area contributed by atoms with Crippen molar-refractivity contribution in [3.8, 4) is 11.3 Å². The Labute approximate surface area is 161 Å². The predicted molar refractivity (Wildman–Crippen MR) is 104 cm³/mol. The first-order chi connectivity index (χ1) is 13.6. The Hall–Kier alpha value is -3.74. The molecule has 140 valence electrons. The van der Waals surface area contributed by atoms with Gasteiger partial charge in [-0.3, -0.25) is 14.6 Å². The van der Waals surface area contributed by atoms with Gasteiger partial charge in [-0.1, -0.05) is 29.8 Å². The van der Waals surface area contributed by atoms with Crippen molar-refractivity contribution in [1.29, 1.82) is 0 Å². The van der Waals surface area contributed by atoms with Gasteiger partial charge in [0.05, 0.1) is 12.2 Å². The van der Waals surface area contributed by atoms with E-state index in [9.17, 15) is 9.18 Å². The Morgan fingerprint density at radius 2 is 1.86 bits per heavy atom. The molecule has 0 unspecified atom stereocenters. The van der Waals surface area contributed by atoms with Crippen molar-refractivity contribution in [3.63, 3.8) is 0 Å². The lowest BCUT2D eigenvalue weighted by Gasteiger charge is -2.03. The third kappa shape index (κ3) is 3.98. The molecule has 0 aliphatic carbocycles. The highest BCUT2D eigenvalue weighted by Gasteiger charge is 2.13. The van der Waals surface area contributed by atoms with Crippen LogP contribution in [0.5, 0.6) is 0 Å². The van der Waals surface area contributed by atoms with Gasteiger partial charge in [0.25, 0.3) is 5.91 Å². The van der Waals surface area contributed by atoms with Crippen molar-refractivity contribution in [2.75, 3.05) is 5.32 Å². The lowest BCUT2D eigenvalue weighted by molar-refractivity contribution is 0.102. The summed E-state index contributed by atoms with van der Waals surface area (Å²) in [5.41, 5.74) is 3.92. The maximum Gasteiger partial charge on any atom is 0.274 e. The van der Waals surface area contributed by atoms with Crippen molar-refractivity contribution in [2.24, 2.45) is 0 Å². The van der Waals surface area contributed by atoms with E-state index in [2.05, 4.69) is 44.9 Å². The van der Waals surface area contributed by atoms with Gasteiger partial charge in [-0.15, -0.1) is 0 Å². The fraction of sp³-hybridized carbons (Fsp3) is 0.0952. The molecule has 4 aromatic rings. The number of carbonyl (C=O) groups excluding carboxylic acids is 1. The van der Waals surface area contributed by atoms with E-state index in [1.54, 1.807) is 28.9 Å². The number of hydrogen-bond donors (Lipinski definition) is 2. The molecular formula is C21H18FN5O. The third-order valence-electron chi connectivity index (χ3n) is 4.31. The van der Waals surface area contributed by atoms with Crippen LogP contribution in [0, 0.1) is 12.7 Å². The lowest BCUT2D eigenvalue weighted by Crippen LogP contribution is -2.13. The average Bonchev–Trinajstić information content (AvgIpc) is 3.34. The van der Waals surface area contributed by atoms with Crippen LogP contribution in [0.2, 0.25) is 0 Å². The minimum Gasteiger partial charge on any atom is -0.304 e. The van der Waals surface area contributed by atoms with E-state index in [1.807, 2.05) is 13.1 Å². The molecule has 0 spiro atoms. The second-order valence-corrected chi connectivity index (χ2v) is 6.51. The van der Waals surface area contributed by atoms with E-state index in [0.717, 1.165) is 11.1 Å². The number of hydrogen-bond acceptors (Lipinski definition) is 3. The number of nitrogens with one attached hydrogen (secondary N) is 2. The molecule has 2 heterocycles. The van der Waals surface area contributed by atoms with Gasteiger partial charge < -0.3 is 5.32 Å². The Bertz CT molecular complexity index is 1100. The molecule has 2 N–H and O–H groups in total. The van der Waals surface area contributed by atoms with E-state index in [0.29, 0.717) is 23.8 Å². The zero-order chi connectivity index (χ0) is 19.5. The minimum absolute atomic E-state index is 0.299. The highest BCUT2D eigenvalue weighted by Crippen LogP contribution is 2.18. The van der Waals surface area contributed by atoms with Crippen LogP contribution in [0.3, 0.4) is 0 Å². The summed E-state index contributed by atoms with van der Waals surface area (Å²) >= 11 is 0. The minimum atomic E-state index is -0.346. The van der Waals surface area contributed by atoms with E-state index in [1.165, 1.54) is 17.7 Å². The Morgan fingerprint density at radius 3 is 2.61 bits per heavy atom. The number of aromatic nitrogens is 4. The summed E-state index contributed by atoms with van der Waals surface area (Å²) in [4.78, 5) is 12.4. The van der Waals surface area contributed by atoms with Crippen LogP contribution in [-0.2, 0) is 6.54 Å². The Morgan fingerprint density at radius 1 is 1.11 bits per heavy atom. The summed E-state index contributed by atoms with van der Waals surface area (Å²) in [6.45, 7) is 2.66. The normalized spacial score (nSPS) is 10.8. The standard InChI is InChI=1S/C21H18FN5O/c1-14-2-4-15(5-3-14)13-27-11-10-20(26-27)23-21(28)19-12-18(24-25-19)16-6-8-17(22)9-7-16/h2-12H,13H2,1H3,(H,24,25)(H,23,26,28). The number of aromatic amines is 1. The second kappa shape index (κ2) is 7.48. The van der Waals surface area contributed by atoms with Gasteiger partial charge in [0.2, 0.25) is 0 Å². The highest BCUT2D eigenvalue weighted by molar-refractivity contribution is 6.02. The van der Waals surface area contributed by atoms with Gasteiger partial charge >= 0.3 is 0 Å². The van der Waals surface area contributed by atoms with Gasteiger partial charge in [0, 0.05) is 17.8 Å². The largest absolute Gasteiger partial charge is 0.304 e. The smallest absolute Gasteiger partial charge is 0.274 e. The quantitative estimate of drug-likeness (QED) is 0.553. The summed E-state index contributed by atoms with van der Waals surface area (Å²) in [7, 11) is 0. The van der Waals surface area contributed by atoms with Crippen LogP contribution >= 0.6 is 0 Å².